The average molecular weight is 940 g/mol. The smallest absolute Gasteiger partial charge is 0.0896 e. The minimum atomic E-state index is 1.04. The van der Waals surface area contributed by atoms with Gasteiger partial charge in [-0.25, -0.2) is 4.98 Å². The van der Waals surface area contributed by atoms with E-state index in [9.17, 15) is 0 Å². The van der Waals surface area contributed by atoms with E-state index in [4.69, 9.17) is 4.98 Å². The Morgan fingerprint density at radius 3 is 0.918 bits per heavy atom. The van der Waals surface area contributed by atoms with E-state index in [-0.39, 0.29) is 0 Å². The third-order valence-corrected chi connectivity index (χ3v) is 16.8. The molecular formula is C71H41NS. The van der Waals surface area contributed by atoms with E-state index in [0.717, 1.165) is 11.1 Å². The van der Waals surface area contributed by atoms with Gasteiger partial charge in [0.1, 0.15) is 0 Å². The van der Waals surface area contributed by atoms with Gasteiger partial charge in [-0.3, -0.25) is 0 Å². The topological polar surface area (TPSA) is 12.9 Å². The normalized spacial score (nSPS) is 12.1. The summed E-state index contributed by atoms with van der Waals surface area (Å²) in [6.45, 7) is 0. The summed E-state index contributed by atoms with van der Waals surface area (Å²) < 4.78 is 1.20. The third kappa shape index (κ3) is 5.70. The summed E-state index contributed by atoms with van der Waals surface area (Å²) in [7, 11) is 0. The summed E-state index contributed by atoms with van der Waals surface area (Å²) >= 11 is 1.74. The van der Waals surface area contributed by atoms with Crippen LogP contribution in [0.5, 0.6) is 0 Å². The van der Waals surface area contributed by atoms with Crippen LogP contribution < -0.4 is 0 Å². The van der Waals surface area contributed by atoms with Gasteiger partial charge in [-0.15, -0.1) is 11.3 Å². The SMILES string of the molecule is c1ccc(-c2c3c(c(-c4ccccc4)c4ccccc24)-c2ccc(-c4ccc(-c5ccc6c7c(cccc57)-c5c-6c(-c6ccccc6)c6ccccc6c5-c5ccccc5)c5scnc45)c4cccc-3c24)cc1. The second kappa shape index (κ2) is 15.6. The molecule has 2 heteroatoms. The van der Waals surface area contributed by atoms with Crippen molar-refractivity contribution in [1.82, 2.24) is 4.98 Å². The summed E-state index contributed by atoms with van der Waals surface area (Å²) in [5.74, 6) is 0. The highest BCUT2D eigenvalue weighted by atomic mass is 32.1. The minimum absolute atomic E-state index is 1.04. The maximum absolute atomic E-state index is 5.23. The van der Waals surface area contributed by atoms with Gasteiger partial charge >= 0.3 is 0 Å². The molecule has 0 fully saturated rings. The molecule has 0 bridgehead atoms. The summed E-state index contributed by atoms with van der Waals surface area (Å²) in [6, 6.07) is 90.1. The highest BCUT2D eigenvalue weighted by Crippen LogP contribution is 2.61. The zero-order valence-electron chi connectivity index (χ0n) is 39.5. The molecule has 0 radical (unpaired) electrons. The molecule has 16 rings (SSSR count). The van der Waals surface area contributed by atoms with Gasteiger partial charge in [0.15, 0.2) is 0 Å². The van der Waals surface area contributed by atoms with E-state index in [2.05, 4.69) is 243 Å². The molecule has 1 heterocycles. The lowest BCUT2D eigenvalue weighted by Gasteiger charge is -2.20. The van der Waals surface area contributed by atoms with Crippen molar-refractivity contribution < 1.29 is 0 Å². The highest BCUT2D eigenvalue weighted by Gasteiger charge is 2.34. The van der Waals surface area contributed by atoms with Crippen LogP contribution in [0.2, 0.25) is 0 Å². The third-order valence-electron chi connectivity index (χ3n) is 15.9. The molecule has 0 saturated carbocycles. The molecule has 0 amide bonds. The maximum Gasteiger partial charge on any atom is 0.0896 e. The first kappa shape index (κ1) is 40.5. The number of rotatable bonds is 6. The average Bonchev–Trinajstić information content (AvgIpc) is 4.22. The molecule has 0 N–H and O–H groups in total. The monoisotopic (exact) mass is 939 g/mol. The molecule has 2 aliphatic carbocycles. The molecule has 0 atom stereocenters. The van der Waals surface area contributed by atoms with Gasteiger partial charge in [0.25, 0.3) is 0 Å². The zero-order chi connectivity index (χ0) is 47.7. The van der Waals surface area contributed by atoms with Crippen molar-refractivity contribution in [1.29, 1.82) is 0 Å². The van der Waals surface area contributed by atoms with Crippen molar-refractivity contribution in [2.24, 2.45) is 0 Å². The Balaban J connectivity index is 0.910. The number of hydrogen-bond donors (Lipinski definition) is 0. The highest BCUT2D eigenvalue weighted by molar-refractivity contribution is 7.17. The van der Waals surface area contributed by atoms with Crippen LogP contribution in [0.15, 0.2) is 248 Å². The number of thiazole rings is 1. The molecular weight excluding hydrogens is 899 g/mol. The van der Waals surface area contributed by atoms with Crippen LogP contribution in [0.25, 0.3) is 165 Å². The van der Waals surface area contributed by atoms with E-state index >= 15 is 0 Å². The van der Waals surface area contributed by atoms with E-state index in [1.165, 1.54) is 153 Å². The van der Waals surface area contributed by atoms with Gasteiger partial charge in [0, 0.05) is 11.1 Å². The van der Waals surface area contributed by atoms with Crippen LogP contribution in [-0.2, 0) is 0 Å². The fraction of sp³-hybridized carbons (Fsp3) is 0. The standard InChI is InChI=1S/C71H41NS/c1-5-19-42(20-6-1)60-50-27-13-15-29-52(50)62(44-23-9-3-10-24-44)68-58-39-35-46(48-31-17-33-56(64(48)58)66(60)68)54-37-38-55(71-70(54)72-41-73-71)47-36-40-59-65-49(47)32-18-34-57(65)67-61(43-21-7-2-8-22-43)51-28-14-16-30-53(51)63(69(59)67)45-25-11-4-12-26-45/h1-41H. The molecule has 0 spiro atoms. The maximum atomic E-state index is 5.23. The first-order chi connectivity index (χ1) is 36.3. The molecule has 336 valence electrons. The lowest BCUT2D eigenvalue weighted by atomic mass is 9.82. The van der Waals surface area contributed by atoms with Gasteiger partial charge in [-0.2, -0.15) is 0 Å². The van der Waals surface area contributed by atoms with Crippen LogP contribution in [-0.4, -0.2) is 4.98 Å². The largest absolute Gasteiger partial charge is 0.244 e. The van der Waals surface area contributed by atoms with Gasteiger partial charge in [0.05, 0.1) is 15.7 Å². The molecule has 1 nitrogen and oxygen atoms in total. The summed E-state index contributed by atoms with van der Waals surface area (Å²) in [4.78, 5) is 5.23. The Bertz CT molecular complexity index is 4150. The Hall–Kier alpha value is -9.21. The van der Waals surface area contributed by atoms with E-state index < -0.39 is 0 Å². The molecule has 2 aliphatic rings. The molecule has 0 unspecified atom stereocenters. The van der Waals surface area contributed by atoms with Crippen LogP contribution >= 0.6 is 11.3 Å². The first-order valence-electron chi connectivity index (χ1n) is 25.2. The van der Waals surface area contributed by atoms with E-state index in [1.807, 2.05) is 5.51 Å². The van der Waals surface area contributed by atoms with Gasteiger partial charge < -0.3 is 0 Å². The number of hydrogen-bond acceptors (Lipinski definition) is 2. The molecule has 14 aromatic rings. The second-order valence-corrected chi connectivity index (χ2v) is 20.4. The van der Waals surface area contributed by atoms with Crippen molar-refractivity contribution in [3.8, 4) is 111 Å². The number of benzene rings is 13. The van der Waals surface area contributed by atoms with E-state index in [0.29, 0.717) is 0 Å². The van der Waals surface area contributed by atoms with Crippen LogP contribution in [0.3, 0.4) is 0 Å². The minimum Gasteiger partial charge on any atom is -0.244 e. The van der Waals surface area contributed by atoms with Crippen LogP contribution in [0.4, 0.5) is 0 Å². The number of fused-ring (bicyclic) bond motifs is 9. The first-order valence-corrected chi connectivity index (χ1v) is 26.1. The summed E-state index contributed by atoms with van der Waals surface area (Å²) in [5, 5.41) is 10.2. The van der Waals surface area contributed by atoms with Gasteiger partial charge in [0.2, 0.25) is 0 Å². The van der Waals surface area contributed by atoms with Crippen molar-refractivity contribution in [3.05, 3.63) is 248 Å². The Kier molecular flexibility index (Phi) is 8.68. The molecule has 0 saturated heterocycles. The van der Waals surface area contributed by atoms with Crippen LogP contribution in [0, 0.1) is 0 Å². The predicted octanol–water partition coefficient (Wildman–Crippen LogP) is 20.2. The number of nitrogens with zero attached hydrogens (tertiary/aromatic N) is 1. The molecule has 1 aromatic heterocycles. The predicted molar refractivity (Wildman–Crippen MR) is 311 cm³/mol. The second-order valence-electron chi connectivity index (χ2n) is 19.5. The van der Waals surface area contributed by atoms with Crippen molar-refractivity contribution in [3.63, 3.8) is 0 Å². The molecule has 0 aliphatic heterocycles. The van der Waals surface area contributed by atoms with Gasteiger partial charge in [-0.1, -0.05) is 243 Å². The van der Waals surface area contributed by atoms with E-state index in [1.54, 1.807) is 11.3 Å². The summed E-state index contributed by atoms with van der Waals surface area (Å²) in [5.41, 5.74) is 28.3. The Labute approximate surface area is 426 Å². The molecule has 13 aromatic carbocycles. The summed E-state index contributed by atoms with van der Waals surface area (Å²) in [6.07, 6.45) is 0. The fourth-order valence-corrected chi connectivity index (χ4v) is 13.9. The Morgan fingerprint density at radius 1 is 0.219 bits per heavy atom. The quantitative estimate of drug-likeness (QED) is 0.162. The number of aromatic nitrogens is 1. The van der Waals surface area contributed by atoms with Crippen molar-refractivity contribution in [2.45, 2.75) is 0 Å². The van der Waals surface area contributed by atoms with Crippen LogP contribution in [0.1, 0.15) is 0 Å². The molecule has 73 heavy (non-hydrogen) atoms. The van der Waals surface area contributed by atoms with Crippen molar-refractivity contribution >= 4 is 64.6 Å². The van der Waals surface area contributed by atoms with Crippen molar-refractivity contribution in [2.75, 3.05) is 0 Å². The fourth-order valence-electron chi connectivity index (χ4n) is 13.1. The Morgan fingerprint density at radius 2 is 0.521 bits per heavy atom. The zero-order valence-corrected chi connectivity index (χ0v) is 40.3. The lowest BCUT2D eigenvalue weighted by molar-refractivity contribution is 1.50. The van der Waals surface area contributed by atoms with Gasteiger partial charge in [-0.05, 0) is 143 Å². The lowest BCUT2D eigenvalue weighted by Crippen LogP contribution is -1.93.